The van der Waals surface area contributed by atoms with Crippen molar-refractivity contribution in [1.29, 1.82) is 0 Å². The minimum Gasteiger partial charge on any atom is -0.480 e. The summed E-state index contributed by atoms with van der Waals surface area (Å²) in [5.74, 6) is -1.51. The molecule has 0 bridgehead atoms. The lowest BCUT2D eigenvalue weighted by Gasteiger charge is -2.10. The molecule has 1 rings (SSSR count). The summed E-state index contributed by atoms with van der Waals surface area (Å²) in [5.41, 5.74) is 0.478. The Kier molecular flexibility index (Phi) is 3.30. The Labute approximate surface area is 85.5 Å². The third-order valence-corrected chi connectivity index (χ3v) is 1.96. The molecule has 0 saturated carbocycles. The van der Waals surface area contributed by atoms with Crippen LogP contribution in [0.4, 0.5) is 10.1 Å². The van der Waals surface area contributed by atoms with E-state index in [2.05, 4.69) is 5.32 Å². The van der Waals surface area contributed by atoms with Crippen LogP contribution in [0.15, 0.2) is 18.2 Å². The number of halogens is 2. The molecule has 0 aliphatic heterocycles. The number of benzene rings is 1. The molecule has 0 aliphatic carbocycles. The maximum Gasteiger partial charge on any atom is 0.325 e. The van der Waals surface area contributed by atoms with Crippen molar-refractivity contribution in [3.63, 3.8) is 0 Å². The third kappa shape index (κ3) is 2.60. The minimum absolute atomic E-state index is 0.0346. The van der Waals surface area contributed by atoms with Crippen LogP contribution in [-0.2, 0) is 4.79 Å². The molecule has 0 amide bonds. The minimum atomic E-state index is -0.981. The van der Waals surface area contributed by atoms with Crippen LogP contribution >= 0.6 is 11.6 Å². The smallest absolute Gasteiger partial charge is 0.325 e. The van der Waals surface area contributed by atoms with E-state index in [0.717, 1.165) is 0 Å². The van der Waals surface area contributed by atoms with E-state index in [9.17, 15) is 9.18 Å². The average Bonchev–Trinajstić information content (AvgIpc) is 2.11. The van der Waals surface area contributed by atoms with Crippen LogP contribution in [0.5, 0.6) is 0 Å². The fourth-order valence-corrected chi connectivity index (χ4v) is 1.08. The molecule has 1 atom stereocenters. The van der Waals surface area contributed by atoms with Crippen LogP contribution in [0, 0.1) is 5.82 Å². The molecular formula is C9H9ClFNO2. The van der Waals surface area contributed by atoms with Gasteiger partial charge in [-0.3, -0.25) is 4.79 Å². The molecule has 2 N–H and O–H groups in total. The van der Waals surface area contributed by atoms with Gasteiger partial charge in [-0.1, -0.05) is 11.6 Å². The van der Waals surface area contributed by atoms with E-state index in [1.54, 1.807) is 0 Å². The summed E-state index contributed by atoms with van der Waals surface area (Å²) in [7, 11) is 0. The Morgan fingerprint density at radius 2 is 2.29 bits per heavy atom. The molecule has 3 nitrogen and oxygen atoms in total. The van der Waals surface area contributed by atoms with Crippen molar-refractivity contribution in [1.82, 2.24) is 0 Å². The molecular weight excluding hydrogens is 209 g/mol. The van der Waals surface area contributed by atoms with E-state index in [-0.39, 0.29) is 5.02 Å². The van der Waals surface area contributed by atoms with Gasteiger partial charge in [0.1, 0.15) is 11.9 Å². The van der Waals surface area contributed by atoms with E-state index < -0.39 is 17.8 Å². The zero-order valence-corrected chi connectivity index (χ0v) is 8.18. The monoisotopic (exact) mass is 217 g/mol. The van der Waals surface area contributed by atoms with E-state index in [1.807, 2.05) is 0 Å². The van der Waals surface area contributed by atoms with Gasteiger partial charge in [0, 0.05) is 5.69 Å². The number of carboxylic acids is 1. The fraction of sp³-hybridized carbons (Fsp3) is 0.222. The number of rotatable bonds is 3. The maximum absolute atomic E-state index is 12.7. The quantitative estimate of drug-likeness (QED) is 0.817. The standard InChI is InChI=1S/C9H9ClFNO2/c1-5(9(13)14)12-6-2-3-8(11)7(10)4-6/h2-5,12H,1H3,(H,13,14)/t5-/m0/s1. The highest BCUT2D eigenvalue weighted by atomic mass is 35.5. The van der Waals surface area contributed by atoms with Gasteiger partial charge in [-0.05, 0) is 25.1 Å². The summed E-state index contributed by atoms with van der Waals surface area (Å²) >= 11 is 5.51. The number of carboxylic acid groups (broad SMARTS) is 1. The normalized spacial score (nSPS) is 12.2. The van der Waals surface area contributed by atoms with Crippen LogP contribution in [-0.4, -0.2) is 17.1 Å². The van der Waals surface area contributed by atoms with E-state index in [0.29, 0.717) is 5.69 Å². The molecule has 0 aliphatic rings. The molecule has 0 aromatic heterocycles. The SMILES string of the molecule is C[C@H](Nc1ccc(F)c(Cl)c1)C(=O)O. The van der Waals surface area contributed by atoms with Crippen molar-refractivity contribution >= 4 is 23.3 Å². The van der Waals surface area contributed by atoms with Crippen LogP contribution in [0.3, 0.4) is 0 Å². The van der Waals surface area contributed by atoms with Crippen LogP contribution in [0.2, 0.25) is 5.02 Å². The van der Waals surface area contributed by atoms with Gasteiger partial charge in [0.2, 0.25) is 0 Å². The highest BCUT2D eigenvalue weighted by Gasteiger charge is 2.10. The molecule has 14 heavy (non-hydrogen) atoms. The first-order valence-corrected chi connectivity index (χ1v) is 4.33. The number of carbonyl (C=O) groups is 1. The molecule has 0 heterocycles. The Bertz CT molecular complexity index is 357. The number of hydrogen-bond donors (Lipinski definition) is 2. The lowest BCUT2D eigenvalue weighted by molar-refractivity contribution is -0.137. The summed E-state index contributed by atoms with van der Waals surface area (Å²) in [6.45, 7) is 1.49. The van der Waals surface area contributed by atoms with Gasteiger partial charge in [-0.25, -0.2) is 4.39 Å². The van der Waals surface area contributed by atoms with Crippen molar-refractivity contribution in [2.75, 3.05) is 5.32 Å². The molecule has 0 fully saturated rings. The highest BCUT2D eigenvalue weighted by Crippen LogP contribution is 2.19. The lowest BCUT2D eigenvalue weighted by Crippen LogP contribution is -2.25. The molecule has 5 heteroatoms. The van der Waals surface area contributed by atoms with Gasteiger partial charge in [0.05, 0.1) is 5.02 Å². The van der Waals surface area contributed by atoms with Gasteiger partial charge < -0.3 is 10.4 Å². The van der Waals surface area contributed by atoms with Gasteiger partial charge in [0.25, 0.3) is 0 Å². The molecule has 1 aromatic rings. The van der Waals surface area contributed by atoms with Gasteiger partial charge in [-0.15, -0.1) is 0 Å². The second kappa shape index (κ2) is 4.28. The second-order valence-corrected chi connectivity index (χ2v) is 3.24. The van der Waals surface area contributed by atoms with Crippen molar-refractivity contribution < 1.29 is 14.3 Å². The molecule has 0 saturated heterocycles. The van der Waals surface area contributed by atoms with E-state index >= 15 is 0 Å². The summed E-state index contributed by atoms with van der Waals surface area (Å²) in [6, 6.07) is 3.22. The zero-order chi connectivity index (χ0) is 10.7. The van der Waals surface area contributed by atoms with Crippen molar-refractivity contribution in [2.45, 2.75) is 13.0 Å². The predicted octanol–water partition coefficient (Wildman–Crippen LogP) is 2.36. The fourth-order valence-electron chi connectivity index (χ4n) is 0.898. The van der Waals surface area contributed by atoms with Gasteiger partial charge >= 0.3 is 5.97 Å². The third-order valence-electron chi connectivity index (χ3n) is 1.67. The van der Waals surface area contributed by atoms with Crippen molar-refractivity contribution in [3.8, 4) is 0 Å². The first kappa shape index (κ1) is 10.8. The maximum atomic E-state index is 12.7. The Morgan fingerprint density at radius 3 is 2.79 bits per heavy atom. The zero-order valence-electron chi connectivity index (χ0n) is 7.42. The van der Waals surface area contributed by atoms with Crippen molar-refractivity contribution in [3.05, 3.63) is 29.0 Å². The second-order valence-electron chi connectivity index (χ2n) is 2.83. The van der Waals surface area contributed by atoms with Gasteiger partial charge in [-0.2, -0.15) is 0 Å². The van der Waals surface area contributed by atoms with E-state index in [1.165, 1.54) is 25.1 Å². The first-order chi connectivity index (χ1) is 6.50. The molecule has 0 radical (unpaired) electrons. The van der Waals surface area contributed by atoms with E-state index in [4.69, 9.17) is 16.7 Å². The van der Waals surface area contributed by atoms with Crippen LogP contribution in [0.25, 0.3) is 0 Å². The van der Waals surface area contributed by atoms with Gasteiger partial charge in [0.15, 0.2) is 0 Å². The molecule has 1 aromatic carbocycles. The summed E-state index contributed by atoms with van der Waals surface area (Å²) < 4.78 is 12.7. The van der Waals surface area contributed by atoms with Crippen molar-refractivity contribution in [2.24, 2.45) is 0 Å². The Balaban J connectivity index is 2.78. The Morgan fingerprint density at radius 1 is 1.64 bits per heavy atom. The number of anilines is 1. The molecule has 0 unspecified atom stereocenters. The summed E-state index contributed by atoms with van der Waals surface area (Å²) in [5, 5.41) is 11.2. The first-order valence-electron chi connectivity index (χ1n) is 3.95. The molecule has 76 valence electrons. The summed E-state index contributed by atoms with van der Waals surface area (Å²) in [4.78, 5) is 10.5. The Hall–Kier alpha value is -1.29. The summed E-state index contributed by atoms with van der Waals surface area (Å²) in [6.07, 6.45) is 0. The van der Waals surface area contributed by atoms with Crippen LogP contribution < -0.4 is 5.32 Å². The average molecular weight is 218 g/mol. The number of hydrogen-bond acceptors (Lipinski definition) is 2. The lowest BCUT2D eigenvalue weighted by atomic mass is 10.2. The molecule has 0 spiro atoms. The number of aliphatic carboxylic acids is 1. The highest BCUT2D eigenvalue weighted by molar-refractivity contribution is 6.31. The number of nitrogens with one attached hydrogen (secondary N) is 1. The topological polar surface area (TPSA) is 49.3 Å². The predicted molar refractivity (Wildman–Crippen MR) is 52.1 cm³/mol. The largest absolute Gasteiger partial charge is 0.480 e. The van der Waals surface area contributed by atoms with Crippen LogP contribution in [0.1, 0.15) is 6.92 Å².